The maximum absolute atomic E-state index is 12.4. The molecule has 0 amide bonds. The van der Waals surface area contributed by atoms with Gasteiger partial charge < -0.3 is 4.74 Å². The minimum Gasteiger partial charge on any atom is -0.497 e. The molecule has 1 unspecified atom stereocenters. The number of nitrogens with zero attached hydrogens (tertiary/aromatic N) is 1. The third kappa shape index (κ3) is 1.90. The molecule has 1 atom stereocenters. The molecule has 1 N–H and O–H groups in total. The van der Waals surface area contributed by atoms with E-state index in [1.807, 2.05) is 38.1 Å². The first kappa shape index (κ1) is 13.3. The van der Waals surface area contributed by atoms with Crippen molar-refractivity contribution in [2.75, 3.05) is 7.11 Å². The maximum Gasteiger partial charge on any atom is 0.118 e. The van der Waals surface area contributed by atoms with Gasteiger partial charge in [-0.25, -0.2) is 0 Å². The van der Waals surface area contributed by atoms with Crippen LogP contribution in [0.25, 0.3) is 0 Å². The van der Waals surface area contributed by atoms with Crippen molar-refractivity contribution in [3.05, 3.63) is 29.8 Å². The third-order valence-corrected chi connectivity index (χ3v) is 4.24. The minimum absolute atomic E-state index is 0.237. The summed E-state index contributed by atoms with van der Waals surface area (Å²) in [6.07, 6.45) is -0.305. The summed E-state index contributed by atoms with van der Waals surface area (Å²) in [4.78, 5) is 0. The Hall–Kier alpha value is -1.10. The predicted octanol–water partition coefficient (Wildman–Crippen LogP) is 2.50. The molecule has 1 fully saturated rings. The molecule has 2 rings (SSSR count). The molecule has 1 aromatic rings. The molecule has 4 nitrogen and oxygen atoms in total. The van der Waals surface area contributed by atoms with Crippen molar-refractivity contribution in [1.29, 1.82) is 0 Å². The van der Waals surface area contributed by atoms with Gasteiger partial charge >= 0.3 is 0 Å². The standard InChI is InChI=1S/C14H21N2O2/c1-13(2)14(3,4)16(17)12(15-13)10-6-8-11(18-5)9-7-10/h6-9,12,15H,1-5H3. The number of rotatable bonds is 2. The fraction of sp³-hybridized carbons (Fsp3) is 0.571. The lowest BCUT2D eigenvalue weighted by molar-refractivity contribution is -0.228. The highest BCUT2D eigenvalue weighted by molar-refractivity contribution is 5.30. The summed E-state index contributed by atoms with van der Waals surface area (Å²) in [7, 11) is 1.63. The van der Waals surface area contributed by atoms with E-state index >= 15 is 0 Å². The molecule has 99 valence electrons. The molecule has 0 aliphatic carbocycles. The zero-order valence-corrected chi connectivity index (χ0v) is 11.7. The monoisotopic (exact) mass is 249 g/mol. The van der Waals surface area contributed by atoms with Crippen LogP contribution in [0.3, 0.4) is 0 Å². The second-order valence-corrected chi connectivity index (χ2v) is 5.83. The number of benzene rings is 1. The Bertz CT molecular complexity index is 426. The molecule has 1 aromatic carbocycles. The van der Waals surface area contributed by atoms with E-state index in [1.54, 1.807) is 7.11 Å². The van der Waals surface area contributed by atoms with Crippen LogP contribution in [0.4, 0.5) is 0 Å². The van der Waals surface area contributed by atoms with Gasteiger partial charge in [-0.3, -0.25) is 5.32 Å². The number of hydroxylamine groups is 2. The Morgan fingerprint density at radius 2 is 1.72 bits per heavy atom. The van der Waals surface area contributed by atoms with Crippen molar-refractivity contribution in [2.45, 2.75) is 44.9 Å². The van der Waals surface area contributed by atoms with E-state index < -0.39 is 5.54 Å². The molecule has 1 heterocycles. The van der Waals surface area contributed by atoms with Crippen LogP contribution in [0.2, 0.25) is 0 Å². The van der Waals surface area contributed by atoms with Gasteiger partial charge in [0, 0.05) is 5.54 Å². The molecule has 1 aliphatic rings. The first-order valence-corrected chi connectivity index (χ1v) is 6.18. The first-order chi connectivity index (χ1) is 8.29. The Morgan fingerprint density at radius 3 is 2.11 bits per heavy atom. The lowest BCUT2D eigenvalue weighted by Gasteiger charge is -2.35. The van der Waals surface area contributed by atoms with E-state index in [0.29, 0.717) is 0 Å². The number of hydrogen-bond acceptors (Lipinski definition) is 3. The van der Waals surface area contributed by atoms with Gasteiger partial charge in [-0.15, -0.1) is 10.3 Å². The summed E-state index contributed by atoms with van der Waals surface area (Å²) in [5.41, 5.74) is 0.279. The molecule has 0 saturated carbocycles. The SMILES string of the molecule is COc1ccc(C2NC(C)(C)C(C)(C)N2[O])cc1. The molecule has 1 radical (unpaired) electrons. The van der Waals surface area contributed by atoms with E-state index in [2.05, 4.69) is 19.2 Å². The Kier molecular flexibility index (Phi) is 3.13. The van der Waals surface area contributed by atoms with Gasteiger partial charge in [0.05, 0.1) is 12.6 Å². The molecule has 0 spiro atoms. The lowest BCUT2D eigenvalue weighted by atomic mass is 9.84. The van der Waals surface area contributed by atoms with Gasteiger partial charge in [-0.2, -0.15) is 0 Å². The number of nitrogens with one attached hydrogen (secondary N) is 1. The number of methoxy groups -OCH3 is 1. The highest BCUT2D eigenvalue weighted by Crippen LogP contribution is 2.41. The quantitative estimate of drug-likeness (QED) is 0.876. The van der Waals surface area contributed by atoms with Crippen LogP contribution in [0.15, 0.2) is 24.3 Å². The van der Waals surface area contributed by atoms with Crippen LogP contribution in [-0.2, 0) is 5.21 Å². The Morgan fingerprint density at radius 1 is 1.17 bits per heavy atom. The molecule has 1 saturated heterocycles. The largest absolute Gasteiger partial charge is 0.497 e. The topological polar surface area (TPSA) is 44.4 Å². The number of ether oxygens (including phenoxy) is 1. The lowest BCUT2D eigenvalue weighted by Crippen LogP contribution is -2.51. The molecule has 0 bridgehead atoms. The molecule has 18 heavy (non-hydrogen) atoms. The summed E-state index contributed by atoms with van der Waals surface area (Å²) in [5.74, 6) is 0.799. The van der Waals surface area contributed by atoms with Gasteiger partial charge in [-0.1, -0.05) is 12.1 Å². The molecule has 0 aromatic heterocycles. The zero-order valence-electron chi connectivity index (χ0n) is 11.7. The second kappa shape index (κ2) is 4.23. The summed E-state index contributed by atoms with van der Waals surface area (Å²) >= 11 is 0. The van der Waals surface area contributed by atoms with Gasteiger partial charge in [0.2, 0.25) is 0 Å². The Balaban J connectivity index is 2.29. The average Bonchev–Trinajstić information content (AvgIpc) is 2.50. The van der Waals surface area contributed by atoms with E-state index in [9.17, 15) is 5.21 Å². The van der Waals surface area contributed by atoms with Crippen molar-refractivity contribution < 1.29 is 9.94 Å². The predicted molar refractivity (Wildman–Crippen MR) is 69.6 cm³/mol. The van der Waals surface area contributed by atoms with Crippen molar-refractivity contribution in [3.8, 4) is 5.75 Å². The number of hydrogen-bond donors (Lipinski definition) is 1. The minimum atomic E-state index is -0.447. The Labute approximate surface area is 109 Å². The van der Waals surface area contributed by atoms with E-state index in [-0.39, 0.29) is 11.7 Å². The summed E-state index contributed by atoms with van der Waals surface area (Å²) < 4.78 is 5.13. The molecular formula is C14H21N2O2. The van der Waals surface area contributed by atoms with Crippen molar-refractivity contribution in [1.82, 2.24) is 10.4 Å². The van der Waals surface area contributed by atoms with Crippen LogP contribution < -0.4 is 10.1 Å². The van der Waals surface area contributed by atoms with Gasteiger partial charge in [0.15, 0.2) is 0 Å². The fourth-order valence-corrected chi connectivity index (χ4v) is 2.18. The molecular weight excluding hydrogens is 228 g/mol. The van der Waals surface area contributed by atoms with Gasteiger partial charge in [0.25, 0.3) is 0 Å². The third-order valence-electron chi connectivity index (χ3n) is 4.24. The summed E-state index contributed by atoms with van der Waals surface area (Å²) in [6, 6.07) is 7.62. The van der Waals surface area contributed by atoms with E-state index in [0.717, 1.165) is 16.4 Å². The summed E-state index contributed by atoms with van der Waals surface area (Å²) in [5, 5.41) is 17.0. The van der Waals surface area contributed by atoms with Crippen LogP contribution in [-0.4, -0.2) is 23.3 Å². The van der Waals surface area contributed by atoms with E-state index in [1.165, 1.54) is 0 Å². The van der Waals surface area contributed by atoms with Crippen molar-refractivity contribution in [2.24, 2.45) is 0 Å². The highest BCUT2D eigenvalue weighted by Gasteiger charge is 2.53. The maximum atomic E-state index is 12.4. The summed E-state index contributed by atoms with van der Waals surface area (Å²) in [6.45, 7) is 8.05. The van der Waals surface area contributed by atoms with Crippen LogP contribution >= 0.6 is 0 Å². The van der Waals surface area contributed by atoms with Crippen molar-refractivity contribution in [3.63, 3.8) is 0 Å². The normalized spacial score (nSPS) is 26.2. The van der Waals surface area contributed by atoms with Gasteiger partial charge in [0.1, 0.15) is 11.9 Å². The highest BCUT2D eigenvalue weighted by atomic mass is 16.5. The fourth-order valence-electron chi connectivity index (χ4n) is 2.18. The molecule has 1 aliphatic heterocycles. The van der Waals surface area contributed by atoms with Crippen LogP contribution in [0.1, 0.15) is 39.4 Å². The first-order valence-electron chi connectivity index (χ1n) is 6.18. The van der Waals surface area contributed by atoms with Gasteiger partial charge in [-0.05, 0) is 45.4 Å². The second-order valence-electron chi connectivity index (χ2n) is 5.83. The van der Waals surface area contributed by atoms with Crippen molar-refractivity contribution >= 4 is 0 Å². The smallest absolute Gasteiger partial charge is 0.118 e. The zero-order chi connectivity index (χ0) is 13.6. The molecule has 4 heteroatoms. The van der Waals surface area contributed by atoms with E-state index in [4.69, 9.17) is 4.74 Å². The average molecular weight is 249 g/mol. The van der Waals surface area contributed by atoms with Crippen LogP contribution in [0, 0.1) is 0 Å². The van der Waals surface area contributed by atoms with Crippen LogP contribution in [0.5, 0.6) is 5.75 Å².